The maximum Gasteiger partial charge on any atom is 0.203 e. The summed E-state index contributed by atoms with van der Waals surface area (Å²) in [6.45, 7) is 2.06. The zero-order valence-electron chi connectivity index (χ0n) is 18.7. The normalized spacial score (nSPS) is 11.8. The lowest BCUT2D eigenvalue weighted by molar-refractivity contribution is 0.112. The molecule has 0 saturated carbocycles. The van der Waals surface area contributed by atoms with Crippen LogP contribution >= 0.6 is 0 Å². The molecule has 0 N–H and O–H groups in total. The first-order valence-corrected chi connectivity index (χ1v) is 10.3. The van der Waals surface area contributed by atoms with Crippen molar-refractivity contribution in [1.29, 1.82) is 0 Å². The molecule has 0 saturated heterocycles. The summed E-state index contributed by atoms with van der Waals surface area (Å²) in [7, 11) is 4.77. The van der Waals surface area contributed by atoms with Crippen LogP contribution in [0.15, 0.2) is 54.9 Å². The topological polar surface area (TPSA) is 66.9 Å². The van der Waals surface area contributed by atoms with E-state index in [1.165, 1.54) is 0 Å². The molecule has 1 heterocycles. The molecule has 3 rings (SSSR count). The summed E-state index contributed by atoms with van der Waals surface area (Å²) in [5, 5.41) is 0. The Morgan fingerprint density at radius 3 is 2.16 bits per heavy atom. The van der Waals surface area contributed by atoms with Crippen molar-refractivity contribution in [2.75, 3.05) is 21.3 Å². The second-order valence-electron chi connectivity index (χ2n) is 7.00. The Labute approximate surface area is 188 Å². The summed E-state index contributed by atoms with van der Waals surface area (Å²) >= 11 is 0. The quantitative estimate of drug-likeness (QED) is 0.387. The van der Waals surface area contributed by atoms with E-state index in [0.29, 0.717) is 28.6 Å². The van der Waals surface area contributed by atoms with Gasteiger partial charge in [0.1, 0.15) is 18.1 Å². The molecule has 0 radical (unpaired) electrons. The molecular weight excluding hydrogens is 406 g/mol. The SMILES string of the molecule is CCC(Oc1ccc(C=O)cc1)c1cnccc1C=Cc1cc(OC)c(OC)c(OC)c1. The van der Waals surface area contributed by atoms with Gasteiger partial charge in [-0.25, -0.2) is 0 Å². The van der Waals surface area contributed by atoms with E-state index in [1.54, 1.807) is 51.8 Å². The summed E-state index contributed by atoms with van der Waals surface area (Å²) < 4.78 is 22.5. The zero-order chi connectivity index (χ0) is 22.9. The van der Waals surface area contributed by atoms with Gasteiger partial charge >= 0.3 is 0 Å². The minimum Gasteiger partial charge on any atom is -0.493 e. The molecule has 0 fully saturated rings. The van der Waals surface area contributed by atoms with Crippen LogP contribution in [0.1, 0.15) is 46.5 Å². The molecule has 0 amide bonds. The molecule has 0 aliphatic carbocycles. The average molecular weight is 434 g/mol. The van der Waals surface area contributed by atoms with Crippen molar-refractivity contribution in [3.05, 3.63) is 77.1 Å². The highest BCUT2D eigenvalue weighted by Crippen LogP contribution is 2.38. The number of carbonyl (C=O) groups is 1. The van der Waals surface area contributed by atoms with Crippen LogP contribution in [0.5, 0.6) is 23.0 Å². The van der Waals surface area contributed by atoms with Crippen molar-refractivity contribution in [1.82, 2.24) is 4.98 Å². The van der Waals surface area contributed by atoms with Gasteiger partial charge in [-0.05, 0) is 60.0 Å². The van der Waals surface area contributed by atoms with E-state index in [-0.39, 0.29) is 6.10 Å². The number of aromatic nitrogens is 1. The Hall–Kier alpha value is -3.80. The number of carbonyl (C=O) groups excluding carboxylic acids is 1. The van der Waals surface area contributed by atoms with Crippen molar-refractivity contribution >= 4 is 18.4 Å². The van der Waals surface area contributed by atoms with Gasteiger partial charge < -0.3 is 18.9 Å². The molecule has 0 aliphatic heterocycles. The van der Waals surface area contributed by atoms with Crippen molar-refractivity contribution in [3.8, 4) is 23.0 Å². The molecule has 6 nitrogen and oxygen atoms in total. The molecule has 0 spiro atoms. The van der Waals surface area contributed by atoms with E-state index in [9.17, 15) is 4.79 Å². The number of rotatable bonds is 10. The zero-order valence-corrected chi connectivity index (χ0v) is 18.7. The van der Waals surface area contributed by atoms with Crippen LogP contribution in [0.25, 0.3) is 12.2 Å². The molecule has 166 valence electrons. The Balaban J connectivity index is 1.90. The van der Waals surface area contributed by atoms with Gasteiger partial charge in [-0.3, -0.25) is 9.78 Å². The maximum atomic E-state index is 10.9. The molecule has 32 heavy (non-hydrogen) atoms. The van der Waals surface area contributed by atoms with Crippen LogP contribution in [0.4, 0.5) is 0 Å². The number of methoxy groups -OCH3 is 3. The Kier molecular flexibility index (Phi) is 7.86. The number of hydrogen-bond acceptors (Lipinski definition) is 6. The Bertz CT molecular complexity index is 1050. The van der Waals surface area contributed by atoms with Crippen molar-refractivity contribution in [3.63, 3.8) is 0 Å². The maximum absolute atomic E-state index is 10.9. The largest absolute Gasteiger partial charge is 0.493 e. The lowest BCUT2D eigenvalue weighted by Gasteiger charge is -2.19. The average Bonchev–Trinajstić information content (AvgIpc) is 2.85. The first-order valence-electron chi connectivity index (χ1n) is 10.3. The predicted octanol–water partition coefficient (Wildman–Crippen LogP) is 5.62. The van der Waals surface area contributed by atoms with Gasteiger partial charge in [0.2, 0.25) is 5.75 Å². The van der Waals surface area contributed by atoms with Gasteiger partial charge in [-0.2, -0.15) is 0 Å². The molecule has 1 unspecified atom stereocenters. The third kappa shape index (κ3) is 5.27. The smallest absolute Gasteiger partial charge is 0.203 e. The summed E-state index contributed by atoms with van der Waals surface area (Å²) in [4.78, 5) is 15.2. The molecule has 6 heteroatoms. The first kappa shape index (κ1) is 22.9. The summed E-state index contributed by atoms with van der Waals surface area (Å²) in [5.41, 5.74) is 3.48. The van der Waals surface area contributed by atoms with Crippen LogP contribution in [-0.2, 0) is 0 Å². The Morgan fingerprint density at radius 2 is 1.59 bits per heavy atom. The van der Waals surface area contributed by atoms with E-state index in [0.717, 1.165) is 29.4 Å². The van der Waals surface area contributed by atoms with Gasteiger partial charge in [-0.15, -0.1) is 0 Å². The number of hydrogen-bond donors (Lipinski definition) is 0. The third-order valence-electron chi connectivity index (χ3n) is 5.04. The van der Waals surface area contributed by atoms with Crippen LogP contribution in [0, 0.1) is 0 Å². The number of aldehydes is 1. The third-order valence-corrected chi connectivity index (χ3v) is 5.04. The van der Waals surface area contributed by atoms with Crippen molar-refractivity contribution in [2.45, 2.75) is 19.4 Å². The molecule has 1 aromatic heterocycles. The van der Waals surface area contributed by atoms with E-state index in [1.807, 2.05) is 36.5 Å². The van der Waals surface area contributed by atoms with Crippen LogP contribution < -0.4 is 18.9 Å². The minimum atomic E-state index is -0.189. The van der Waals surface area contributed by atoms with Gasteiger partial charge in [0, 0.05) is 23.5 Å². The fourth-order valence-electron chi connectivity index (χ4n) is 3.38. The molecule has 0 bridgehead atoms. The molecule has 2 aromatic carbocycles. The van der Waals surface area contributed by atoms with Gasteiger partial charge in [0.15, 0.2) is 11.5 Å². The fourth-order valence-corrected chi connectivity index (χ4v) is 3.38. The Morgan fingerprint density at radius 1 is 0.906 bits per heavy atom. The highest BCUT2D eigenvalue weighted by Gasteiger charge is 2.16. The molecule has 0 aliphatic rings. The van der Waals surface area contributed by atoms with Crippen LogP contribution in [0.2, 0.25) is 0 Å². The molecule has 1 atom stereocenters. The number of pyridine rings is 1. The summed E-state index contributed by atoms with van der Waals surface area (Å²) in [6, 6.07) is 12.8. The van der Waals surface area contributed by atoms with Gasteiger partial charge in [0.05, 0.1) is 21.3 Å². The second kappa shape index (κ2) is 11.0. The number of ether oxygens (including phenoxy) is 4. The highest BCUT2D eigenvalue weighted by molar-refractivity contribution is 5.75. The lowest BCUT2D eigenvalue weighted by atomic mass is 10.0. The predicted molar refractivity (Wildman–Crippen MR) is 125 cm³/mol. The first-order chi connectivity index (χ1) is 15.6. The monoisotopic (exact) mass is 433 g/mol. The van der Waals surface area contributed by atoms with E-state index >= 15 is 0 Å². The minimum absolute atomic E-state index is 0.189. The highest BCUT2D eigenvalue weighted by atomic mass is 16.5. The number of benzene rings is 2. The van der Waals surface area contributed by atoms with E-state index < -0.39 is 0 Å². The molecule has 3 aromatic rings. The fraction of sp³-hybridized carbons (Fsp3) is 0.231. The summed E-state index contributed by atoms with van der Waals surface area (Å²) in [6.07, 6.45) is 8.95. The molecular formula is C26H27NO5. The van der Waals surface area contributed by atoms with Crippen molar-refractivity contribution < 1.29 is 23.7 Å². The van der Waals surface area contributed by atoms with Gasteiger partial charge in [0.25, 0.3) is 0 Å². The summed E-state index contributed by atoms with van der Waals surface area (Å²) in [5.74, 6) is 2.44. The lowest BCUT2D eigenvalue weighted by Crippen LogP contribution is -2.08. The standard InChI is InChI=1S/C26H27NO5/c1-5-23(32-21-10-7-18(17-28)8-11-21)22-16-27-13-12-20(22)9-6-19-14-24(29-2)26(31-4)25(15-19)30-3/h6-17,23H,5H2,1-4H3. The van der Waals surface area contributed by atoms with E-state index in [4.69, 9.17) is 18.9 Å². The number of nitrogens with zero attached hydrogens (tertiary/aromatic N) is 1. The second-order valence-corrected chi connectivity index (χ2v) is 7.00. The van der Waals surface area contributed by atoms with Crippen LogP contribution in [-0.4, -0.2) is 32.6 Å². The van der Waals surface area contributed by atoms with Crippen LogP contribution in [0.3, 0.4) is 0 Å². The van der Waals surface area contributed by atoms with E-state index in [2.05, 4.69) is 11.9 Å². The van der Waals surface area contributed by atoms with Crippen molar-refractivity contribution in [2.24, 2.45) is 0 Å². The van der Waals surface area contributed by atoms with Gasteiger partial charge in [-0.1, -0.05) is 19.1 Å².